The van der Waals surface area contributed by atoms with Crippen LogP contribution >= 0.6 is 11.3 Å². The van der Waals surface area contributed by atoms with E-state index < -0.39 is 5.54 Å². The molecule has 1 aliphatic rings. The van der Waals surface area contributed by atoms with E-state index in [0.29, 0.717) is 12.0 Å². The van der Waals surface area contributed by atoms with E-state index in [-0.39, 0.29) is 17.7 Å². The van der Waals surface area contributed by atoms with Crippen LogP contribution in [-0.2, 0) is 16.8 Å². The third-order valence-electron chi connectivity index (χ3n) is 3.26. The quantitative estimate of drug-likeness (QED) is 0.904. The lowest BCUT2D eigenvalue weighted by Crippen LogP contribution is -2.40. The summed E-state index contributed by atoms with van der Waals surface area (Å²) >= 11 is 1.55. The van der Waals surface area contributed by atoms with E-state index in [1.54, 1.807) is 23.5 Å². The number of aliphatic imine (C=N–C) groups is 1. The zero-order chi connectivity index (χ0) is 14.2. The van der Waals surface area contributed by atoms with Crippen LogP contribution < -0.4 is 11.1 Å². The highest BCUT2D eigenvalue weighted by Crippen LogP contribution is 2.34. The second-order valence-corrected chi connectivity index (χ2v) is 5.61. The molecule has 0 radical (unpaired) electrons. The summed E-state index contributed by atoms with van der Waals surface area (Å²) in [5.41, 5.74) is 5.17. The number of benzene rings is 1. The summed E-state index contributed by atoms with van der Waals surface area (Å²) in [7, 11) is 0. The number of amides is 1. The predicted molar refractivity (Wildman–Crippen MR) is 75.9 cm³/mol. The van der Waals surface area contributed by atoms with Gasteiger partial charge in [0.2, 0.25) is 0 Å². The van der Waals surface area contributed by atoms with Gasteiger partial charge in [-0.3, -0.25) is 10.1 Å². The molecule has 0 spiro atoms. The maximum atomic E-state index is 13.1. The van der Waals surface area contributed by atoms with Gasteiger partial charge in [0.1, 0.15) is 5.82 Å². The molecule has 1 atom stereocenters. The largest absolute Gasteiger partial charge is 0.370 e. The van der Waals surface area contributed by atoms with Crippen molar-refractivity contribution in [2.75, 3.05) is 0 Å². The second kappa shape index (κ2) is 4.72. The SMILES string of the molecule is NC1=N[C@](Cc2cccs2)(c2ccc(F)cc2)C(=O)N1. The molecule has 2 aromatic rings. The van der Waals surface area contributed by atoms with Gasteiger partial charge in [0, 0.05) is 11.3 Å². The number of nitrogens with one attached hydrogen (secondary N) is 1. The van der Waals surface area contributed by atoms with Crippen LogP contribution in [0.15, 0.2) is 46.8 Å². The number of nitrogens with two attached hydrogens (primary N) is 1. The standard InChI is InChI=1S/C14H12FN3OS/c15-10-5-3-9(4-6-10)14(8-11-2-1-7-20-11)12(19)17-13(16)18-14/h1-7H,8H2,(H3,16,17,18,19)/t14-/m1/s1. The van der Waals surface area contributed by atoms with Crippen molar-refractivity contribution in [1.82, 2.24) is 5.32 Å². The minimum atomic E-state index is -1.11. The Hall–Kier alpha value is -2.21. The summed E-state index contributed by atoms with van der Waals surface area (Å²) in [5, 5.41) is 4.47. The van der Waals surface area contributed by atoms with Crippen LogP contribution in [0.1, 0.15) is 10.4 Å². The minimum Gasteiger partial charge on any atom is -0.370 e. The number of carbonyl (C=O) groups excluding carboxylic acids is 1. The number of guanidine groups is 1. The molecule has 0 unspecified atom stereocenters. The average molecular weight is 289 g/mol. The molecule has 0 bridgehead atoms. The summed E-state index contributed by atoms with van der Waals surface area (Å²) in [4.78, 5) is 17.6. The molecule has 0 fully saturated rings. The number of carbonyl (C=O) groups is 1. The summed E-state index contributed by atoms with van der Waals surface area (Å²) < 4.78 is 13.1. The number of hydrogen-bond acceptors (Lipinski definition) is 4. The highest BCUT2D eigenvalue weighted by molar-refractivity contribution is 7.09. The van der Waals surface area contributed by atoms with Crippen molar-refractivity contribution in [1.29, 1.82) is 0 Å². The molecule has 102 valence electrons. The Morgan fingerprint density at radius 2 is 2.05 bits per heavy atom. The van der Waals surface area contributed by atoms with Gasteiger partial charge in [0.05, 0.1) is 0 Å². The monoisotopic (exact) mass is 289 g/mol. The highest BCUT2D eigenvalue weighted by Gasteiger charge is 2.45. The maximum absolute atomic E-state index is 13.1. The number of nitrogens with zero attached hydrogens (tertiary/aromatic N) is 1. The van der Waals surface area contributed by atoms with Crippen LogP contribution in [0.3, 0.4) is 0 Å². The lowest BCUT2D eigenvalue weighted by Gasteiger charge is -2.23. The highest BCUT2D eigenvalue weighted by atomic mass is 32.1. The summed E-state index contributed by atoms with van der Waals surface area (Å²) in [6.45, 7) is 0. The van der Waals surface area contributed by atoms with Gasteiger partial charge >= 0.3 is 0 Å². The Morgan fingerprint density at radius 3 is 2.60 bits per heavy atom. The summed E-state index contributed by atoms with van der Waals surface area (Å²) in [5.74, 6) is -0.540. The molecular weight excluding hydrogens is 277 g/mol. The molecule has 2 heterocycles. The number of halogens is 1. The Morgan fingerprint density at radius 1 is 1.30 bits per heavy atom. The predicted octanol–water partition coefficient (Wildman–Crippen LogP) is 1.77. The first-order valence-corrected chi connectivity index (χ1v) is 6.93. The first-order chi connectivity index (χ1) is 9.60. The van der Waals surface area contributed by atoms with Crippen molar-refractivity contribution in [3.05, 3.63) is 58.0 Å². The third kappa shape index (κ3) is 2.08. The molecular formula is C14H12FN3OS. The van der Waals surface area contributed by atoms with Crippen LogP contribution in [0.4, 0.5) is 4.39 Å². The van der Waals surface area contributed by atoms with Crippen molar-refractivity contribution in [3.8, 4) is 0 Å². The first kappa shape index (κ1) is 12.8. The van der Waals surface area contributed by atoms with Crippen LogP contribution in [0.2, 0.25) is 0 Å². The lowest BCUT2D eigenvalue weighted by atomic mass is 9.86. The topological polar surface area (TPSA) is 67.5 Å². The Kier molecular flexibility index (Phi) is 3.02. The van der Waals surface area contributed by atoms with E-state index in [9.17, 15) is 9.18 Å². The number of hydrogen-bond donors (Lipinski definition) is 2. The molecule has 1 aromatic carbocycles. The molecule has 0 saturated heterocycles. The van der Waals surface area contributed by atoms with E-state index in [2.05, 4.69) is 10.3 Å². The van der Waals surface area contributed by atoms with Crippen molar-refractivity contribution in [2.24, 2.45) is 10.7 Å². The fraction of sp³-hybridized carbons (Fsp3) is 0.143. The Labute approximate surface area is 119 Å². The van der Waals surface area contributed by atoms with Crippen molar-refractivity contribution < 1.29 is 9.18 Å². The molecule has 3 rings (SSSR count). The van der Waals surface area contributed by atoms with Crippen LogP contribution in [0.5, 0.6) is 0 Å². The fourth-order valence-electron chi connectivity index (χ4n) is 2.31. The minimum absolute atomic E-state index is 0.0934. The van der Waals surface area contributed by atoms with Gasteiger partial charge in [-0.1, -0.05) is 18.2 Å². The van der Waals surface area contributed by atoms with Crippen molar-refractivity contribution in [3.63, 3.8) is 0 Å². The van der Waals surface area contributed by atoms with Gasteiger partial charge in [-0.25, -0.2) is 9.38 Å². The van der Waals surface area contributed by atoms with E-state index in [1.807, 2.05) is 17.5 Å². The molecule has 20 heavy (non-hydrogen) atoms. The molecule has 4 nitrogen and oxygen atoms in total. The average Bonchev–Trinajstić information content (AvgIpc) is 3.00. The molecule has 6 heteroatoms. The summed E-state index contributed by atoms with van der Waals surface area (Å²) in [6.07, 6.45) is 0.406. The first-order valence-electron chi connectivity index (χ1n) is 6.05. The van der Waals surface area contributed by atoms with E-state index in [4.69, 9.17) is 5.73 Å². The van der Waals surface area contributed by atoms with Crippen LogP contribution in [-0.4, -0.2) is 11.9 Å². The van der Waals surface area contributed by atoms with Crippen molar-refractivity contribution >= 4 is 23.2 Å². The normalized spacial score (nSPS) is 21.6. The summed E-state index contributed by atoms with van der Waals surface area (Å²) in [6, 6.07) is 9.65. The van der Waals surface area contributed by atoms with Crippen molar-refractivity contribution in [2.45, 2.75) is 12.0 Å². The zero-order valence-corrected chi connectivity index (χ0v) is 11.3. The van der Waals surface area contributed by atoms with Gasteiger partial charge in [-0.05, 0) is 29.1 Å². The molecule has 0 aliphatic carbocycles. The van der Waals surface area contributed by atoms with E-state index in [0.717, 1.165) is 4.88 Å². The maximum Gasteiger partial charge on any atom is 0.259 e. The van der Waals surface area contributed by atoms with Gasteiger partial charge in [0.25, 0.3) is 5.91 Å². The molecule has 0 saturated carbocycles. The van der Waals surface area contributed by atoms with E-state index >= 15 is 0 Å². The zero-order valence-electron chi connectivity index (χ0n) is 10.5. The smallest absolute Gasteiger partial charge is 0.259 e. The third-order valence-corrected chi connectivity index (χ3v) is 4.14. The van der Waals surface area contributed by atoms with Gasteiger partial charge < -0.3 is 5.73 Å². The second-order valence-electron chi connectivity index (χ2n) is 4.57. The number of thiophene rings is 1. The van der Waals surface area contributed by atoms with Crippen LogP contribution in [0.25, 0.3) is 0 Å². The fourth-order valence-corrected chi connectivity index (χ4v) is 3.09. The molecule has 1 amide bonds. The lowest BCUT2D eigenvalue weighted by molar-refractivity contribution is -0.124. The Bertz CT molecular complexity index is 666. The Balaban J connectivity index is 2.08. The molecule has 3 N–H and O–H groups in total. The van der Waals surface area contributed by atoms with Crippen LogP contribution in [0, 0.1) is 5.82 Å². The number of rotatable bonds is 3. The van der Waals surface area contributed by atoms with E-state index in [1.165, 1.54) is 12.1 Å². The molecule has 1 aliphatic heterocycles. The van der Waals surface area contributed by atoms with Gasteiger partial charge in [-0.15, -0.1) is 11.3 Å². The molecule has 1 aromatic heterocycles. The van der Waals surface area contributed by atoms with Gasteiger partial charge in [0.15, 0.2) is 11.5 Å². The van der Waals surface area contributed by atoms with Gasteiger partial charge in [-0.2, -0.15) is 0 Å².